The van der Waals surface area contributed by atoms with Gasteiger partial charge in [0, 0.05) is 12.4 Å². The largest absolute Gasteiger partial charge is 0.374 e. The highest BCUT2D eigenvalue weighted by Gasteiger charge is 2.03. The zero-order chi connectivity index (χ0) is 8.27. The minimum atomic E-state index is -0.843. The predicted octanol–water partition coefficient (Wildman–Crippen LogP) is -0.221. The van der Waals surface area contributed by atoms with E-state index in [1.807, 2.05) is 0 Å². The van der Waals surface area contributed by atoms with Crippen LogP contribution >= 0.6 is 0 Å². The highest BCUT2D eigenvalue weighted by atomic mass is 16.3. The Kier molecular flexibility index (Phi) is 2.22. The van der Waals surface area contributed by atoms with Crippen LogP contribution in [-0.4, -0.2) is 26.9 Å². The van der Waals surface area contributed by atoms with E-state index in [0.717, 1.165) is 0 Å². The van der Waals surface area contributed by atoms with E-state index < -0.39 is 12.3 Å². The van der Waals surface area contributed by atoms with Gasteiger partial charge in [-0.05, 0) is 6.92 Å². The number of amides is 1. The number of nitrogens with one attached hydrogen (secondary N) is 1. The number of carbonyl (C=O) groups is 1. The summed E-state index contributed by atoms with van der Waals surface area (Å²) in [6.07, 6.45) is 3.50. The molecule has 0 aliphatic carbocycles. The van der Waals surface area contributed by atoms with Crippen molar-refractivity contribution in [1.29, 1.82) is 0 Å². The van der Waals surface area contributed by atoms with Gasteiger partial charge in [0.25, 0.3) is 0 Å². The van der Waals surface area contributed by atoms with E-state index in [-0.39, 0.29) is 0 Å². The maximum atomic E-state index is 11.0. The normalized spacial score (nSPS) is 12.5. The maximum Gasteiger partial charge on any atom is 0.328 e. The van der Waals surface area contributed by atoms with E-state index in [1.165, 1.54) is 30.2 Å². The molecule has 0 radical (unpaired) electrons. The van der Waals surface area contributed by atoms with Crippen LogP contribution in [0.2, 0.25) is 0 Å². The van der Waals surface area contributed by atoms with Gasteiger partial charge in [-0.2, -0.15) is 0 Å². The summed E-state index contributed by atoms with van der Waals surface area (Å²) < 4.78 is 1.24. The molecule has 1 aromatic rings. The number of aromatic nitrogens is 2. The van der Waals surface area contributed by atoms with Gasteiger partial charge in [0.1, 0.15) is 12.6 Å². The van der Waals surface area contributed by atoms with Crippen LogP contribution in [0.5, 0.6) is 0 Å². The zero-order valence-electron chi connectivity index (χ0n) is 6.06. The summed E-state index contributed by atoms with van der Waals surface area (Å²) in [5, 5.41) is 11.0. The third kappa shape index (κ3) is 2.05. The van der Waals surface area contributed by atoms with Crippen LogP contribution in [0, 0.1) is 0 Å². The molecule has 0 spiro atoms. The number of imidazole rings is 1. The molecule has 5 heteroatoms. The number of carbonyl (C=O) groups excluding carboxylic acids is 1. The Morgan fingerprint density at radius 3 is 3.00 bits per heavy atom. The molecule has 1 aromatic heterocycles. The van der Waals surface area contributed by atoms with Gasteiger partial charge >= 0.3 is 6.03 Å². The quantitative estimate of drug-likeness (QED) is 0.551. The first-order chi connectivity index (χ1) is 5.20. The van der Waals surface area contributed by atoms with Gasteiger partial charge in [-0.3, -0.25) is 4.57 Å². The first-order valence-electron chi connectivity index (χ1n) is 3.17. The lowest BCUT2D eigenvalue weighted by atomic mass is 10.6. The molecule has 11 heavy (non-hydrogen) atoms. The fourth-order valence-electron chi connectivity index (χ4n) is 0.632. The Bertz CT molecular complexity index is 230. The summed E-state index contributed by atoms with van der Waals surface area (Å²) in [4.78, 5) is 14.6. The van der Waals surface area contributed by atoms with Gasteiger partial charge in [-0.15, -0.1) is 0 Å². The van der Waals surface area contributed by atoms with Crippen molar-refractivity contribution in [3.05, 3.63) is 18.7 Å². The van der Waals surface area contributed by atoms with E-state index in [2.05, 4.69) is 10.3 Å². The van der Waals surface area contributed by atoms with Gasteiger partial charge in [0.05, 0.1) is 0 Å². The van der Waals surface area contributed by atoms with Crippen molar-refractivity contribution in [3.63, 3.8) is 0 Å². The molecule has 60 valence electrons. The summed E-state index contributed by atoms with van der Waals surface area (Å²) in [5.41, 5.74) is 0. The molecule has 2 N–H and O–H groups in total. The molecular formula is C6H9N3O2. The van der Waals surface area contributed by atoms with Crippen LogP contribution in [0.3, 0.4) is 0 Å². The highest BCUT2D eigenvalue weighted by Crippen LogP contribution is 1.85. The second kappa shape index (κ2) is 3.16. The van der Waals surface area contributed by atoms with Crippen molar-refractivity contribution in [2.75, 3.05) is 0 Å². The van der Waals surface area contributed by atoms with Crippen LogP contribution < -0.4 is 5.32 Å². The highest BCUT2D eigenvalue weighted by molar-refractivity contribution is 5.76. The van der Waals surface area contributed by atoms with Gasteiger partial charge in [0.15, 0.2) is 0 Å². The van der Waals surface area contributed by atoms with Crippen molar-refractivity contribution < 1.29 is 9.90 Å². The average molecular weight is 155 g/mol. The molecule has 1 rings (SSSR count). The Morgan fingerprint density at radius 1 is 1.82 bits per heavy atom. The van der Waals surface area contributed by atoms with E-state index >= 15 is 0 Å². The zero-order valence-corrected chi connectivity index (χ0v) is 6.06. The molecule has 0 saturated carbocycles. The van der Waals surface area contributed by atoms with Gasteiger partial charge in [-0.25, -0.2) is 9.78 Å². The molecule has 0 aliphatic rings. The molecular weight excluding hydrogens is 146 g/mol. The molecule has 1 amide bonds. The van der Waals surface area contributed by atoms with E-state index in [4.69, 9.17) is 5.11 Å². The van der Waals surface area contributed by atoms with Crippen molar-refractivity contribution in [2.24, 2.45) is 0 Å². The number of aliphatic hydroxyl groups is 1. The predicted molar refractivity (Wildman–Crippen MR) is 37.8 cm³/mol. The SMILES string of the molecule is CC(O)NC(=O)n1ccnc1. The number of hydrogen-bond acceptors (Lipinski definition) is 3. The molecule has 0 aromatic carbocycles. The first kappa shape index (κ1) is 7.74. The number of nitrogens with zero attached hydrogens (tertiary/aromatic N) is 2. The van der Waals surface area contributed by atoms with Gasteiger partial charge in [-0.1, -0.05) is 0 Å². The fraction of sp³-hybridized carbons (Fsp3) is 0.333. The lowest BCUT2D eigenvalue weighted by Crippen LogP contribution is -2.34. The smallest absolute Gasteiger partial charge is 0.328 e. The molecule has 0 saturated heterocycles. The summed E-state index contributed by atoms with van der Waals surface area (Å²) in [7, 11) is 0. The van der Waals surface area contributed by atoms with Crippen molar-refractivity contribution >= 4 is 6.03 Å². The Hall–Kier alpha value is -1.36. The Morgan fingerprint density at radius 2 is 2.55 bits per heavy atom. The maximum absolute atomic E-state index is 11.0. The molecule has 0 bridgehead atoms. The number of aliphatic hydroxyl groups excluding tert-OH is 1. The molecule has 1 heterocycles. The standard InChI is InChI=1S/C6H9N3O2/c1-5(10)8-6(11)9-3-2-7-4-9/h2-5,10H,1H3,(H,8,11). The number of hydrogen-bond donors (Lipinski definition) is 2. The topological polar surface area (TPSA) is 67.2 Å². The van der Waals surface area contributed by atoms with E-state index in [0.29, 0.717) is 0 Å². The van der Waals surface area contributed by atoms with Crippen molar-refractivity contribution in [3.8, 4) is 0 Å². The second-order valence-electron chi connectivity index (χ2n) is 2.10. The average Bonchev–Trinajstić information content (AvgIpc) is 2.35. The minimum absolute atomic E-state index is 0.391. The Balaban J connectivity index is 2.57. The molecule has 5 nitrogen and oxygen atoms in total. The third-order valence-electron chi connectivity index (χ3n) is 1.07. The molecule has 0 aliphatic heterocycles. The van der Waals surface area contributed by atoms with Crippen LogP contribution in [0.4, 0.5) is 4.79 Å². The van der Waals surface area contributed by atoms with Gasteiger partial charge in [0.2, 0.25) is 0 Å². The molecule has 1 atom stereocenters. The van der Waals surface area contributed by atoms with Crippen LogP contribution in [0.15, 0.2) is 18.7 Å². The third-order valence-corrected chi connectivity index (χ3v) is 1.07. The molecule has 0 fully saturated rings. The van der Waals surface area contributed by atoms with E-state index in [9.17, 15) is 4.79 Å². The fourth-order valence-corrected chi connectivity index (χ4v) is 0.632. The van der Waals surface area contributed by atoms with Crippen molar-refractivity contribution in [2.45, 2.75) is 13.2 Å². The summed E-state index contributed by atoms with van der Waals surface area (Å²) >= 11 is 0. The lowest BCUT2D eigenvalue weighted by molar-refractivity contribution is 0.158. The molecule has 1 unspecified atom stereocenters. The van der Waals surface area contributed by atoms with Crippen LogP contribution in [0.25, 0.3) is 0 Å². The van der Waals surface area contributed by atoms with Crippen molar-refractivity contribution in [1.82, 2.24) is 14.9 Å². The van der Waals surface area contributed by atoms with Crippen LogP contribution in [-0.2, 0) is 0 Å². The lowest BCUT2D eigenvalue weighted by Gasteiger charge is -2.06. The first-order valence-corrected chi connectivity index (χ1v) is 3.17. The summed E-state index contributed by atoms with van der Waals surface area (Å²) in [5.74, 6) is 0. The number of rotatable bonds is 1. The minimum Gasteiger partial charge on any atom is -0.374 e. The summed E-state index contributed by atoms with van der Waals surface area (Å²) in [6, 6.07) is -0.391. The monoisotopic (exact) mass is 155 g/mol. The summed E-state index contributed by atoms with van der Waals surface area (Å²) in [6.45, 7) is 1.47. The second-order valence-corrected chi connectivity index (χ2v) is 2.10. The van der Waals surface area contributed by atoms with Crippen LogP contribution in [0.1, 0.15) is 6.92 Å². The van der Waals surface area contributed by atoms with E-state index in [1.54, 1.807) is 0 Å². The Labute approximate surface area is 63.7 Å². The van der Waals surface area contributed by atoms with Gasteiger partial charge < -0.3 is 10.4 Å².